The standard InChI is InChI=1S/C18H20Cl2/c1-16(2)14-7-8-18(20,15(16)11-19)17(14)9-12-5-3-4-6-13(12)10-17/h3-6,11,14H,7-10H2,1-2H3/b15-11+. The Bertz CT molecular complexity index is 589. The number of hydrogen-bond donors (Lipinski definition) is 0. The number of hydrogen-bond acceptors (Lipinski definition) is 0. The van der Waals surface area contributed by atoms with Crippen molar-refractivity contribution in [2.24, 2.45) is 16.7 Å². The topological polar surface area (TPSA) is 0 Å². The Kier molecular flexibility index (Phi) is 2.54. The van der Waals surface area contributed by atoms with E-state index in [1.807, 2.05) is 0 Å². The van der Waals surface area contributed by atoms with Crippen molar-refractivity contribution in [1.82, 2.24) is 0 Å². The maximum absolute atomic E-state index is 7.25. The number of allylic oxidation sites excluding steroid dienone is 1. The van der Waals surface area contributed by atoms with E-state index in [-0.39, 0.29) is 15.7 Å². The zero-order valence-corrected chi connectivity index (χ0v) is 13.6. The molecule has 2 unspecified atom stereocenters. The summed E-state index contributed by atoms with van der Waals surface area (Å²) >= 11 is 13.5. The van der Waals surface area contributed by atoms with Crippen LogP contribution in [0.4, 0.5) is 0 Å². The SMILES string of the molecule is CC1(C)/C(=C\Cl)C2(Cl)CCC1C21Cc2ccccc2C1. The van der Waals surface area contributed by atoms with Gasteiger partial charge in [0.2, 0.25) is 0 Å². The van der Waals surface area contributed by atoms with E-state index in [4.69, 9.17) is 23.2 Å². The predicted molar refractivity (Wildman–Crippen MR) is 85.3 cm³/mol. The second-order valence-electron chi connectivity index (χ2n) is 7.42. The fourth-order valence-corrected chi connectivity index (χ4v) is 6.89. The fourth-order valence-electron chi connectivity index (χ4n) is 5.70. The maximum Gasteiger partial charge on any atom is 0.0737 e. The summed E-state index contributed by atoms with van der Waals surface area (Å²) < 4.78 is 0. The van der Waals surface area contributed by atoms with Crippen LogP contribution in [-0.4, -0.2) is 4.87 Å². The van der Waals surface area contributed by atoms with Gasteiger partial charge in [0, 0.05) is 11.0 Å². The van der Waals surface area contributed by atoms with Crippen LogP contribution in [0.3, 0.4) is 0 Å². The summed E-state index contributed by atoms with van der Waals surface area (Å²) in [5.74, 6) is 0.643. The number of halogens is 2. The quantitative estimate of drug-likeness (QED) is 0.569. The molecule has 20 heavy (non-hydrogen) atoms. The highest BCUT2D eigenvalue weighted by Crippen LogP contribution is 2.76. The van der Waals surface area contributed by atoms with Gasteiger partial charge in [0.25, 0.3) is 0 Å². The normalized spacial score (nSPS) is 37.8. The molecule has 0 amide bonds. The second kappa shape index (κ2) is 3.84. The van der Waals surface area contributed by atoms with Crippen LogP contribution in [0.15, 0.2) is 35.4 Å². The van der Waals surface area contributed by atoms with Crippen molar-refractivity contribution >= 4 is 23.2 Å². The molecule has 4 rings (SSSR count). The second-order valence-corrected chi connectivity index (χ2v) is 8.28. The fraction of sp³-hybridized carbons (Fsp3) is 0.556. The van der Waals surface area contributed by atoms with Crippen molar-refractivity contribution in [3.8, 4) is 0 Å². The lowest BCUT2D eigenvalue weighted by Crippen LogP contribution is -2.39. The highest BCUT2D eigenvalue weighted by atomic mass is 35.5. The Labute approximate surface area is 131 Å². The van der Waals surface area contributed by atoms with Gasteiger partial charge in [0.05, 0.1) is 4.87 Å². The maximum atomic E-state index is 7.25. The summed E-state index contributed by atoms with van der Waals surface area (Å²) in [6.07, 6.45) is 4.55. The molecule has 0 aliphatic heterocycles. The minimum Gasteiger partial charge on any atom is -0.114 e. The average molecular weight is 307 g/mol. The summed E-state index contributed by atoms with van der Waals surface area (Å²) in [6, 6.07) is 8.86. The minimum atomic E-state index is -0.234. The molecule has 3 aliphatic carbocycles. The van der Waals surface area contributed by atoms with Crippen molar-refractivity contribution in [3.63, 3.8) is 0 Å². The van der Waals surface area contributed by atoms with Gasteiger partial charge >= 0.3 is 0 Å². The molecule has 1 aromatic rings. The lowest BCUT2D eigenvalue weighted by molar-refractivity contribution is 0.159. The molecular formula is C18H20Cl2. The van der Waals surface area contributed by atoms with Crippen molar-refractivity contribution in [2.75, 3.05) is 0 Å². The molecule has 0 saturated heterocycles. The van der Waals surface area contributed by atoms with Gasteiger partial charge in [-0.3, -0.25) is 0 Å². The highest BCUT2D eigenvalue weighted by Gasteiger charge is 2.72. The van der Waals surface area contributed by atoms with E-state index in [2.05, 4.69) is 38.1 Å². The largest absolute Gasteiger partial charge is 0.114 e. The van der Waals surface area contributed by atoms with Gasteiger partial charge in [-0.05, 0) is 53.7 Å². The zero-order chi connectivity index (χ0) is 14.2. The first-order chi connectivity index (χ1) is 9.46. The van der Waals surface area contributed by atoms with E-state index in [9.17, 15) is 0 Å². The van der Waals surface area contributed by atoms with E-state index in [1.165, 1.54) is 23.1 Å². The first-order valence-electron chi connectivity index (χ1n) is 7.53. The van der Waals surface area contributed by atoms with Crippen LogP contribution in [0.5, 0.6) is 0 Å². The van der Waals surface area contributed by atoms with Gasteiger partial charge in [-0.2, -0.15) is 0 Å². The lowest BCUT2D eigenvalue weighted by atomic mass is 9.69. The van der Waals surface area contributed by atoms with Crippen LogP contribution in [0, 0.1) is 16.7 Å². The molecule has 1 aromatic carbocycles. The Morgan fingerprint density at radius 2 is 1.75 bits per heavy atom. The van der Waals surface area contributed by atoms with Crippen LogP contribution in [-0.2, 0) is 12.8 Å². The zero-order valence-electron chi connectivity index (χ0n) is 12.0. The lowest BCUT2D eigenvalue weighted by Gasteiger charge is -2.36. The molecule has 0 radical (unpaired) electrons. The smallest absolute Gasteiger partial charge is 0.0737 e. The average Bonchev–Trinajstić information content (AvgIpc) is 2.94. The molecule has 0 heterocycles. The Morgan fingerprint density at radius 3 is 2.25 bits per heavy atom. The summed E-state index contributed by atoms with van der Waals surface area (Å²) in [4.78, 5) is -0.234. The monoisotopic (exact) mass is 306 g/mol. The van der Waals surface area contributed by atoms with Gasteiger partial charge in [-0.25, -0.2) is 0 Å². The number of rotatable bonds is 0. The van der Waals surface area contributed by atoms with E-state index in [0.717, 1.165) is 19.3 Å². The van der Waals surface area contributed by atoms with E-state index < -0.39 is 0 Å². The molecule has 2 atom stereocenters. The van der Waals surface area contributed by atoms with Gasteiger partial charge in [-0.15, -0.1) is 11.6 Å². The van der Waals surface area contributed by atoms with E-state index in [0.29, 0.717) is 5.92 Å². The number of benzene rings is 1. The van der Waals surface area contributed by atoms with Crippen molar-refractivity contribution in [1.29, 1.82) is 0 Å². The van der Waals surface area contributed by atoms with Crippen LogP contribution >= 0.6 is 23.2 Å². The molecule has 0 aromatic heterocycles. The third kappa shape index (κ3) is 1.27. The van der Waals surface area contributed by atoms with Crippen LogP contribution in [0.2, 0.25) is 0 Å². The molecule has 2 bridgehead atoms. The highest BCUT2D eigenvalue weighted by molar-refractivity contribution is 6.30. The molecule has 0 N–H and O–H groups in total. The Balaban J connectivity index is 1.90. The Hall–Kier alpha value is -0.460. The van der Waals surface area contributed by atoms with Crippen LogP contribution < -0.4 is 0 Å². The number of fused-ring (bicyclic) bond motifs is 1. The first kappa shape index (κ1) is 13.2. The van der Waals surface area contributed by atoms with Crippen LogP contribution in [0.25, 0.3) is 0 Å². The molecule has 2 heteroatoms. The van der Waals surface area contributed by atoms with Crippen molar-refractivity contribution < 1.29 is 0 Å². The summed E-state index contributed by atoms with van der Waals surface area (Å²) in [5, 5.41) is 0. The minimum absolute atomic E-state index is 0.129. The van der Waals surface area contributed by atoms with Gasteiger partial charge in [0.1, 0.15) is 0 Å². The predicted octanol–water partition coefficient (Wildman–Crippen LogP) is 5.32. The third-order valence-electron chi connectivity index (χ3n) is 6.47. The van der Waals surface area contributed by atoms with Gasteiger partial charge in [0.15, 0.2) is 0 Å². The van der Waals surface area contributed by atoms with Gasteiger partial charge in [-0.1, -0.05) is 49.7 Å². The third-order valence-corrected chi connectivity index (χ3v) is 7.45. The molecule has 3 aliphatic rings. The Morgan fingerprint density at radius 1 is 1.15 bits per heavy atom. The summed E-state index contributed by atoms with van der Waals surface area (Å²) in [6.45, 7) is 4.67. The molecule has 2 fully saturated rings. The molecule has 2 saturated carbocycles. The summed E-state index contributed by atoms with van der Waals surface area (Å²) in [7, 11) is 0. The van der Waals surface area contributed by atoms with Crippen molar-refractivity contribution in [2.45, 2.75) is 44.4 Å². The summed E-state index contributed by atoms with van der Waals surface area (Å²) in [5.41, 5.74) is 6.37. The molecule has 106 valence electrons. The number of alkyl halides is 1. The van der Waals surface area contributed by atoms with E-state index in [1.54, 1.807) is 5.54 Å². The van der Waals surface area contributed by atoms with Gasteiger partial charge < -0.3 is 0 Å². The van der Waals surface area contributed by atoms with E-state index >= 15 is 0 Å². The first-order valence-corrected chi connectivity index (χ1v) is 8.34. The molecule has 0 nitrogen and oxygen atoms in total. The molecular weight excluding hydrogens is 287 g/mol. The van der Waals surface area contributed by atoms with Crippen LogP contribution in [0.1, 0.15) is 37.8 Å². The van der Waals surface area contributed by atoms with Crippen molar-refractivity contribution in [3.05, 3.63) is 46.5 Å². The molecule has 1 spiro atoms.